The maximum atomic E-state index is 13.8. The average molecular weight is 608 g/mol. The number of urea groups is 1. The predicted molar refractivity (Wildman–Crippen MR) is 173 cm³/mol. The number of carbonyl (C=O) groups is 3. The Morgan fingerprint density at radius 1 is 0.778 bits per heavy atom. The summed E-state index contributed by atoms with van der Waals surface area (Å²) in [6.07, 6.45) is 1.73. The van der Waals surface area contributed by atoms with Gasteiger partial charge in [-0.2, -0.15) is 0 Å². The molecule has 3 amide bonds. The molecule has 9 heteroatoms. The number of hydrogen-bond donors (Lipinski definition) is 3. The van der Waals surface area contributed by atoms with Crippen molar-refractivity contribution in [1.29, 1.82) is 0 Å². The highest BCUT2D eigenvalue weighted by atomic mass is 16.5. The van der Waals surface area contributed by atoms with E-state index in [2.05, 4.69) is 10.6 Å². The first-order chi connectivity index (χ1) is 21.9. The average Bonchev–Trinajstić information content (AvgIpc) is 3.45. The van der Waals surface area contributed by atoms with E-state index in [1.54, 1.807) is 24.3 Å². The molecule has 1 aliphatic heterocycles. The van der Waals surface area contributed by atoms with E-state index >= 15 is 0 Å². The van der Waals surface area contributed by atoms with E-state index in [1.165, 1.54) is 12.1 Å². The van der Waals surface area contributed by atoms with Crippen molar-refractivity contribution >= 4 is 29.3 Å². The van der Waals surface area contributed by atoms with E-state index in [4.69, 9.17) is 14.6 Å². The largest absolute Gasteiger partial charge is 0.491 e. The molecule has 0 aromatic heterocycles. The second-order valence-corrected chi connectivity index (χ2v) is 11.1. The third-order valence-corrected chi connectivity index (χ3v) is 7.83. The summed E-state index contributed by atoms with van der Waals surface area (Å²) in [4.78, 5) is 39.3. The van der Waals surface area contributed by atoms with Gasteiger partial charge in [-0.15, -0.1) is 0 Å². The number of ether oxygens (including phenoxy) is 2. The van der Waals surface area contributed by atoms with Gasteiger partial charge in [0.15, 0.2) is 0 Å². The van der Waals surface area contributed by atoms with Crippen LogP contribution in [0.1, 0.15) is 39.9 Å². The smallest absolute Gasteiger partial charge is 0.335 e. The molecule has 232 valence electrons. The lowest BCUT2D eigenvalue weighted by Crippen LogP contribution is -2.46. The Morgan fingerprint density at radius 3 is 2.13 bits per heavy atom. The molecule has 1 unspecified atom stereocenters. The summed E-state index contributed by atoms with van der Waals surface area (Å²) < 4.78 is 12.1. The Kier molecular flexibility index (Phi) is 10.4. The van der Waals surface area contributed by atoms with E-state index in [-0.39, 0.29) is 42.6 Å². The number of rotatable bonds is 12. The summed E-state index contributed by atoms with van der Waals surface area (Å²) in [5.74, 6) is -0.485. The molecule has 45 heavy (non-hydrogen) atoms. The minimum atomic E-state index is -0.998. The maximum Gasteiger partial charge on any atom is 0.335 e. The number of aryl methyl sites for hydroxylation is 1. The van der Waals surface area contributed by atoms with Crippen molar-refractivity contribution < 1.29 is 29.0 Å². The Hall–Kier alpha value is -5.15. The molecule has 0 saturated carbocycles. The van der Waals surface area contributed by atoms with E-state index in [0.29, 0.717) is 24.7 Å². The van der Waals surface area contributed by atoms with Crippen molar-refractivity contribution in [3.05, 3.63) is 125 Å². The van der Waals surface area contributed by atoms with Gasteiger partial charge in [-0.3, -0.25) is 4.79 Å². The number of carboxylic acids is 1. The molecule has 9 nitrogen and oxygen atoms in total. The molecule has 0 bridgehead atoms. The standard InChI is InChI=1S/C36H37N3O6/c1-25-7-5-6-10-33(25)38-36(43)37-29-15-11-26(12-16-29)21-34(40)39-30(23-44-22-27-8-3-2-4-9-27)17-18-31(39)24-45-32-19-13-28(14-20-32)35(41)42/h2-16,19-20,30-31H,17-18,21-24H2,1H3,(H,41,42)(H2,37,38,43)/t30?,31-/m0/s1. The van der Waals surface area contributed by atoms with Crippen molar-refractivity contribution in [3.63, 3.8) is 0 Å². The summed E-state index contributed by atoms with van der Waals surface area (Å²) in [7, 11) is 0. The summed E-state index contributed by atoms with van der Waals surface area (Å²) in [5.41, 5.74) is 4.39. The fraction of sp³-hybridized carbons (Fsp3) is 0.250. The van der Waals surface area contributed by atoms with Crippen LogP contribution in [0.3, 0.4) is 0 Å². The Balaban J connectivity index is 1.21. The Bertz CT molecular complexity index is 1590. The molecule has 1 aliphatic rings. The number of likely N-dealkylation sites (tertiary alicyclic amines) is 1. The van der Waals surface area contributed by atoms with E-state index < -0.39 is 5.97 Å². The molecule has 4 aromatic rings. The molecular weight excluding hydrogens is 570 g/mol. The Labute approximate surface area is 262 Å². The Morgan fingerprint density at radius 2 is 1.44 bits per heavy atom. The molecule has 0 aliphatic carbocycles. The molecule has 1 fully saturated rings. The van der Waals surface area contributed by atoms with Crippen LogP contribution in [0.4, 0.5) is 16.2 Å². The third kappa shape index (κ3) is 8.70. The van der Waals surface area contributed by atoms with E-state index in [0.717, 1.165) is 35.2 Å². The number of para-hydroxylation sites is 1. The van der Waals surface area contributed by atoms with Crippen LogP contribution in [0.25, 0.3) is 0 Å². The highest BCUT2D eigenvalue weighted by molar-refractivity contribution is 6.00. The van der Waals surface area contributed by atoms with Crippen LogP contribution in [-0.4, -0.2) is 53.2 Å². The normalized spacial score (nSPS) is 15.8. The number of amides is 3. The first-order valence-electron chi connectivity index (χ1n) is 15.0. The minimum absolute atomic E-state index is 0.0337. The van der Waals surface area contributed by atoms with Gasteiger partial charge in [-0.05, 0) is 78.9 Å². The molecule has 3 N–H and O–H groups in total. The SMILES string of the molecule is Cc1ccccc1NC(=O)Nc1ccc(CC(=O)N2C(COCc3ccccc3)CC[C@H]2COc2ccc(C(=O)O)cc2)cc1. The number of benzene rings is 4. The second kappa shape index (κ2) is 15.0. The van der Waals surface area contributed by atoms with Crippen LogP contribution in [-0.2, 0) is 22.6 Å². The topological polar surface area (TPSA) is 117 Å². The van der Waals surface area contributed by atoms with Crippen molar-refractivity contribution in [2.24, 2.45) is 0 Å². The summed E-state index contributed by atoms with van der Waals surface area (Å²) >= 11 is 0. The fourth-order valence-corrected chi connectivity index (χ4v) is 5.44. The number of hydrogen-bond acceptors (Lipinski definition) is 5. The van der Waals surface area contributed by atoms with Gasteiger partial charge in [-0.1, -0.05) is 60.7 Å². The highest BCUT2D eigenvalue weighted by Crippen LogP contribution is 2.27. The fourth-order valence-electron chi connectivity index (χ4n) is 5.44. The summed E-state index contributed by atoms with van der Waals surface area (Å²) in [6, 6.07) is 30.4. The van der Waals surface area contributed by atoms with Crippen molar-refractivity contribution in [2.75, 3.05) is 23.8 Å². The monoisotopic (exact) mass is 607 g/mol. The number of aromatic carboxylic acids is 1. The lowest BCUT2D eigenvalue weighted by Gasteiger charge is -2.30. The van der Waals surface area contributed by atoms with Crippen molar-refractivity contribution in [3.8, 4) is 5.75 Å². The number of nitrogens with one attached hydrogen (secondary N) is 2. The molecule has 4 aromatic carbocycles. The van der Waals surface area contributed by atoms with Crippen LogP contribution >= 0.6 is 0 Å². The van der Waals surface area contributed by atoms with Crippen molar-refractivity contribution in [1.82, 2.24) is 4.90 Å². The van der Waals surface area contributed by atoms with Gasteiger partial charge in [0.25, 0.3) is 0 Å². The first-order valence-corrected chi connectivity index (χ1v) is 15.0. The predicted octanol–water partition coefficient (Wildman–Crippen LogP) is 6.54. The quantitative estimate of drug-likeness (QED) is 0.169. The van der Waals surface area contributed by atoms with Crippen LogP contribution in [0.15, 0.2) is 103 Å². The first kappa shape index (κ1) is 31.3. The van der Waals surface area contributed by atoms with Gasteiger partial charge in [0, 0.05) is 11.4 Å². The molecule has 0 radical (unpaired) electrons. The van der Waals surface area contributed by atoms with Gasteiger partial charge in [0.05, 0.1) is 37.3 Å². The number of anilines is 2. The molecule has 0 spiro atoms. The zero-order chi connectivity index (χ0) is 31.6. The van der Waals surface area contributed by atoms with Gasteiger partial charge >= 0.3 is 12.0 Å². The van der Waals surface area contributed by atoms with Gasteiger partial charge in [0.2, 0.25) is 5.91 Å². The molecular formula is C36H37N3O6. The van der Waals surface area contributed by atoms with Gasteiger partial charge < -0.3 is 30.1 Å². The van der Waals surface area contributed by atoms with Crippen molar-refractivity contribution in [2.45, 2.75) is 44.9 Å². The second-order valence-electron chi connectivity index (χ2n) is 11.1. The van der Waals surface area contributed by atoms with Crippen LogP contribution in [0.5, 0.6) is 5.75 Å². The molecule has 1 saturated heterocycles. The van der Waals surface area contributed by atoms with Crippen LogP contribution in [0, 0.1) is 6.92 Å². The maximum absolute atomic E-state index is 13.8. The summed E-state index contributed by atoms with van der Waals surface area (Å²) in [6.45, 7) is 3.08. The van der Waals surface area contributed by atoms with E-state index in [9.17, 15) is 14.4 Å². The third-order valence-electron chi connectivity index (χ3n) is 7.83. The molecule has 2 atom stereocenters. The summed E-state index contributed by atoms with van der Waals surface area (Å²) in [5, 5.41) is 14.9. The molecule has 5 rings (SSSR count). The lowest BCUT2D eigenvalue weighted by atomic mass is 10.1. The van der Waals surface area contributed by atoms with Gasteiger partial charge in [-0.25, -0.2) is 9.59 Å². The molecule has 1 heterocycles. The zero-order valence-corrected chi connectivity index (χ0v) is 25.1. The highest BCUT2D eigenvalue weighted by Gasteiger charge is 2.37. The minimum Gasteiger partial charge on any atom is -0.491 e. The number of carbonyl (C=O) groups excluding carboxylic acids is 2. The van der Waals surface area contributed by atoms with Gasteiger partial charge in [0.1, 0.15) is 12.4 Å². The number of nitrogens with zero attached hydrogens (tertiary/aromatic N) is 1. The lowest BCUT2D eigenvalue weighted by molar-refractivity contribution is -0.135. The van der Waals surface area contributed by atoms with Crippen LogP contribution < -0.4 is 15.4 Å². The zero-order valence-electron chi connectivity index (χ0n) is 25.1. The van der Waals surface area contributed by atoms with Crippen LogP contribution in [0.2, 0.25) is 0 Å². The number of carboxylic acid groups (broad SMARTS) is 1. The van der Waals surface area contributed by atoms with E-state index in [1.807, 2.05) is 78.6 Å².